The van der Waals surface area contributed by atoms with Gasteiger partial charge in [0.15, 0.2) is 9.84 Å². The van der Waals surface area contributed by atoms with Gasteiger partial charge in [0.05, 0.1) is 17.5 Å². The number of rotatable bonds is 3. The van der Waals surface area contributed by atoms with Crippen LogP contribution in [-0.2, 0) is 14.6 Å². The van der Waals surface area contributed by atoms with Crippen molar-refractivity contribution < 1.29 is 13.2 Å². The summed E-state index contributed by atoms with van der Waals surface area (Å²) in [5, 5.41) is 2.68. The Labute approximate surface area is 90.3 Å². The molecule has 0 saturated carbocycles. The minimum absolute atomic E-state index is 0.0508. The smallest absolute Gasteiger partial charge is 0.237 e. The van der Waals surface area contributed by atoms with Gasteiger partial charge in [0.1, 0.15) is 0 Å². The highest BCUT2D eigenvalue weighted by Crippen LogP contribution is 2.12. The van der Waals surface area contributed by atoms with E-state index in [1.807, 2.05) is 6.92 Å². The monoisotopic (exact) mass is 234 g/mol. The number of carbonyl (C=O) groups is 1. The van der Waals surface area contributed by atoms with Crippen molar-refractivity contribution in [3.8, 4) is 0 Å². The van der Waals surface area contributed by atoms with Crippen LogP contribution in [0.15, 0.2) is 0 Å². The zero-order chi connectivity index (χ0) is 11.5. The Morgan fingerprint density at radius 3 is 2.80 bits per heavy atom. The van der Waals surface area contributed by atoms with Crippen LogP contribution in [0.1, 0.15) is 26.2 Å². The molecule has 15 heavy (non-hydrogen) atoms. The molecule has 5 nitrogen and oxygen atoms in total. The van der Waals surface area contributed by atoms with Crippen LogP contribution < -0.4 is 11.1 Å². The van der Waals surface area contributed by atoms with Gasteiger partial charge < -0.3 is 11.1 Å². The summed E-state index contributed by atoms with van der Waals surface area (Å²) in [5.41, 5.74) is 5.54. The molecule has 0 radical (unpaired) electrons. The molecule has 1 fully saturated rings. The zero-order valence-electron chi connectivity index (χ0n) is 8.90. The van der Waals surface area contributed by atoms with Crippen molar-refractivity contribution >= 4 is 15.7 Å². The summed E-state index contributed by atoms with van der Waals surface area (Å²) >= 11 is 0. The molecular formula is C9H18N2O3S. The van der Waals surface area contributed by atoms with Gasteiger partial charge in [0, 0.05) is 6.04 Å². The Morgan fingerprint density at radius 1 is 1.60 bits per heavy atom. The molecule has 1 amide bonds. The normalized spacial score (nSPS) is 26.9. The Kier molecular flexibility index (Phi) is 4.10. The summed E-state index contributed by atoms with van der Waals surface area (Å²) < 4.78 is 22.6. The van der Waals surface area contributed by atoms with Gasteiger partial charge in [0.25, 0.3) is 0 Å². The molecule has 0 spiro atoms. The molecule has 6 heteroatoms. The van der Waals surface area contributed by atoms with Gasteiger partial charge >= 0.3 is 0 Å². The number of amides is 1. The summed E-state index contributed by atoms with van der Waals surface area (Å²) in [6, 6.07) is -0.788. The van der Waals surface area contributed by atoms with E-state index in [0.717, 1.165) is 6.42 Å². The van der Waals surface area contributed by atoms with Crippen molar-refractivity contribution in [3.05, 3.63) is 0 Å². The molecule has 1 aliphatic heterocycles. The summed E-state index contributed by atoms with van der Waals surface area (Å²) in [5.74, 6) is 0.0357. The van der Waals surface area contributed by atoms with E-state index in [2.05, 4.69) is 5.32 Å². The fourth-order valence-electron chi connectivity index (χ4n) is 1.63. The minimum Gasteiger partial charge on any atom is -0.351 e. The predicted molar refractivity (Wildman–Crippen MR) is 58.1 cm³/mol. The largest absolute Gasteiger partial charge is 0.351 e. The van der Waals surface area contributed by atoms with Crippen LogP contribution in [0.25, 0.3) is 0 Å². The molecule has 2 atom stereocenters. The van der Waals surface area contributed by atoms with Crippen LogP contribution in [0.3, 0.4) is 0 Å². The summed E-state index contributed by atoms with van der Waals surface area (Å²) in [7, 11) is -2.97. The molecule has 1 aliphatic rings. The van der Waals surface area contributed by atoms with Crippen LogP contribution in [0.2, 0.25) is 0 Å². The number of nitrogens with one attached hydrogen (secondary N) is 1. The van der Waals surface area contributed by atoms with E-state index in [1.54, 1.807) is 0 Å². The predicted octanol–water partition coefficient (Wildman–Crippen LogP) is -0.583. The van der Waals surface area contributed by atoms with Crippen molar-refractivity contribution in [2.75, 3.05) is 11.5 Å². The molecule has 1 heterocycles. The molecule has 0 aromatic heterocycles. The van der Waals surface area contributed by atoms with Gasteiger partial charge in [-0.2, -0.15) is 0 Å². The number of hydrogen-bond donors (Lipinski definition) is 2. The van der Waals surface area contributed by atoms with Crippen molar-refractivity contribution in [2.24, 2.45) is 5.73 Å². The zero-order valence-corrected chi connectivity index (χ0v) is 9.72. The Bertz CT molecular complexity index is 326. The maximum absolute atomic E-state index is 11.4. The first-order valence-electron chi connectivity index (χ1n) is 5.21. The lowest BCUT2D eigenvalue weighted by Gasteiger charge is -2.24. The van der Waals surface area contributed by atoms with E-state index in [4.69, 9.17) is 5.73 Å². The topological polar surface area (TPSA) is 89.3 Å². The summed E-state index contributed by atoms with van der Waals surface area (Å²) in [4.78, 5) is 11.4. The third-order valence-corrected chi connectivity index (χ3v) is 4.41. The van der Waals surface area contributed by atoms with Crippen molar-refractivity contribution in [1.82, 2.24) is 5.32 Å². The molecule has 0 aliphatic carbocycles. The van der Waals surface area contributed by atoms with Crippen molar-refractivity contribution in [3.63, 3.8) is 0 Å². The first kappa shape index (κ1) is 12.4. The van der Waals surface area contributed by atoms with Crippen LogP contribution in [0.5, 0.6) is 0 Å². The summed E-state index contributed by atoms with van der Waals surface area (Å²) in [6.07, 6.45) is 1.90. The van der Waals surface area contributed by atoms with Crippen LogP contribution in [0.4, 0.5) is 0 Å². The second-order valence-corrected chi connectivity index (χ2v) is 6.21. The lowest BCUT2D eigenvalue weighted by molar-refractivity contribution is -0.123. The SMILES string of the molecule is CC[C@@H](N)C(=O)NC1CCCS(=O)(=O)C1. The van der Waals surface area contributed by atoms with Crippen molar-refractivity contribution in [2.45, 2.75) is 38.3 Å². The fraction of sp³-hybridized carbons (Fsp3) is 0.889. The Balaban J connectivity index is 2.49. The number of hydrogen-bond acceptors (Lipinski definition) is 4. The molecule has 1 saturated heterocycles. The molecule has 1 unspecified atom stereocenters. The average Bonchev–Trinajstić information content (AvgIpc) is 2.14. The van der Waals surface area contributed by atoms with Gasteiger partial charge in [0.2, 0.25) is 5.91 Å². The standard InChI is InChI=1S/C9H18N2O3S/c1-2-8(10)9(12)11-7-4-3-5-15(13,14)6-7/h7-8H,2-6,10H2,1H3,(H,11,12)/t7?,8-/m1/s1. The van der Waals surface area contributed by atoms with Gasteiger partial charge in [-0.05, 0) is 19.3 Å². The quantitative estimate of drug-likeness (QED) is 0.683. The third-order valence-electron chi connectivity index (χ3n) is 2.59. The number of carbonyl (C=O) groups excluding carboxylic acids is 1. The molecular weight excluding hydrogens is 216 g/mol. The van der Waals surface area contributed by atoms with E-state index >= 15 is 0 Å². The van der Waals surface area contributed by atoms with E-state index in [0.29, 0.717) is 12.8 Å². The lowest BCUT2D eigenvalue weighted by atomic mass is 10.1. The third kappa shape index (κ3) is 3.79. The first-order chi connectivity index (χ1) is 6.94. The second-order valence-electron chi connectivity index (χ2n) is 3.98. The molecule has 0 aromatic rings. The van der Waals surface area contributed by atoms with Crippen LogP contribution in [-0.4, -0.2) is 37.9 Å². The maximum Gasteiger partial charge on any atom is 0.237 e. The van der Waals surface area contributed by atoms with Gasteiger partial charge in [-0.25, -0.2) is 8.42 Å². The molecule has 88 valence electrons. The number of sulfone groups is 1. The van der Waals surface area contributed by atoms with Gasteiger partial charge in [-0.3, -0.25) is 4.79 Å². The fourth-order valence-corrected chi connectivity index (χ4v) is 3.27. The highest BCUT2D eigenvalue weighted by atomic mass is 32.2. The Morgan fingerprint density at radius 2 is 2.27 bits per heavy atom. The van der Waals surface area contributed by atoms with Gasteiger partial charge in [-0.1, -0.05) is 6.92 Å². The lowest BCUT2D eigenvalue weighted by Crippen LogP contribution is -2.49. The number of nitrogens with two attached hydrogens (primary N) is 1. The summed E-state index contributed by atoms with van der Waals surface area (Å²) in [6.45, 7) is 1.82. The van der Waals surface area contributed by atoms with Crippen molar-refractivity contribution in [1.29, 1.82) is 0 Å². The first-order valence-corrected chi connectivity index (χ1v) is 7.03. The average molecular weight is 234 g/mol. The van der Waals surface area contributed by atoms with Gasteiger partial charge in [-0.15, -0.1) is 0 Å². The maximum atomic E-state index is 11.4. The Hall–Kier alpha value is -0.620. The minimum atomic E-state index is -2.97. The second kappa shape index (κ2) is 4.94. The van der Waals surface area contributed by atoms with E-state index in [9.17, 15) is 13.2 Å². The highest BCUT2D eigenvalue weighted by molar-refractivity contribution is 7.91. The molecule has 0 bridgehead atoms. The highest BCUT2D eigenvalue weighted by Gasteiger charge is 2.26. The molecule has 0 aromatic carbocycles. The van der Waals surface area contributed by atoms with E-state index < -0.39 is 15.9 Å². The van der Waals surface area contributed by atoms with Crippen LogP contribution in [0, 0.1) is 0 Å². The molecule has 1 rings (SSSR count). The van der Waals surface area contributed by atoms with Crippen LogP contribution >= 0.6 is 0 Å². The van der Waals surface area contributed by atoms with E-state index in [-0.39, 0.29) is 23.5 Å². The van der Waals surface area contributed by atoms with E-state index in [1.165, 1.54) is 0 Å². The molecule has 3 N–H and O–H groups in total.